The predicted molar refractivity (Wildman–Crippen MR) is 140 cm³/mol. The van der Waals surface area contributed by atoms with Crippen molar-refractivity contribution in [3.63, 3.8) is 0 Å². The second kappa shape index (κ2) is 12.5. The molecule has 166 valence electrons. The topological polar surface area (TPSA) is 61.0 Å². The molecule has 0 saturated heterocycles. The van der Waals surface area contributed by atoms with Crippen molar-refractivity contribution in [3.05, 3.63) is 135 Å². The highest BCUT2D eigenvalue weighted by Gasteiger charge is 2.19. The summed E-state index contributed by atoms with van der Waals surface area (Å²) in [5.41, 5.74) is 7.08. The van der Waals surface area contributed by atoms with Crippen molar-refractivity contribution < 1.29 is 15.3 Å². The molecule has 3 nitrogen and oxygen atoms in total. The Morgan fingerprint density at radius 3 is 1.42 bits per heavy atom. The van der Waals surface area contributed by atoms with Gasteiger partial charge in [0, 0.05) is 11.1 Å². The van der Waals surface area contributed by atoms with Gasteiger partial charge in [0.25, 0.3) is 0 Å². The molecule has 0 atom stereocenters. The van der Waals surface area contributed by atoms with E-state index in [2.05, 4.69) is 60.9 Å². The molecule has 0 aliphatic rings. The third-order valence-electron chi connectivity index (χ3n) is 4.95. The highest BCUT2D eigenvalue weighted by molar-refractivity contribution is 5.99. The van der Waals surface area contributed by atoms with Gasteiger partial charge < -0.3 is 15.3 Å². The van der Waals surface area contributed by atoms with Crippen LogP contribution < -0.4 is 0 Å². The van der Waals surface area contributed by atoms with Gasteiger partial charge in [-0.05, 0) is 33.9 Å². The minimum Gasteiger partial charge on any atom is -0.507 e. The van der Waals surface area contributed by atoms with Crippen LogP contribution >= 0.6 is 0 Å². The Kier molecular flexibility index (Phi) is 9.44. The summed E-state index contributed by atoms with van der Waals surface area (Å²) in [5.74, 6) is 0.238. The van der Waals surface area contributed by atoms with Gasteiger partial charge in [-0.25, -0.2) is 0 Å². The maximum atomic E-state index is 10.8. The van der Waals surface area contributed by atoms with E-state index in [0.29, 0.717) is 0 Å². The summed E-state index contributed by atoms with van der Waals surface area (Å²) in [4.78, 5) is 0. The number of phenolic OH excluding ortho intramolecular Hbond substituents is 1. The molecule has 0 saturated carbocycles. The van der Waals surface area contributed by atoms with E-state index in [9.17, 15) is 5.11 Å². The van der Waals surface area contributed by atoms with Gasteiger partial charge in [-0.3, -0.25) is 0 Å². The lowest BCUT2D eigenvalue weighted by atomic mass is 9.84. The Balaban J connectivity index is 0.000000583. The van der Waals surface area contributed by atoms with Crippen LogP contribution in [-0.4, -0.2) is 10.6 Å². The van der Waals surface area contributed by atoms with E-state index in [1.54, 1.807) is 6.08 Å². The van der Waals surface area contributed by atoms with Crippen LogP contribution in [0.2, 0.25) is 0 Å². The molecule has 4 rings (SSSR count). The number of ether oxygens (including phenoxy) is 1. The number of hydrogen-bond acceptors (Lipinski definition) is 2. The smallest absolute Gasteiger partial charge is 0.124 e. The normalized spacial score (nSPS) is 9.45. The second-order valence-electron chi connectivity index (χ2n) is 6.88. The fraction of sp³-hybridized carbons (Fsp3) is 0. The average molecular weight is 437 g/mol. The first kappa shape index (κ1) is 24.9. The Labute approximate surface area is 195 Å². The molecule has 0 heterocycles. The summed E-state index contributed by atoms with van der Waals surface area (Å²) in [6.45, 7) is 10.5. The van der Waals surface area contributed by atoms with Crippen molar-refractivity contribution in [2.45, 2.75) is 0 Å². The van der Waals surface area contributed by atoms with Crippen LogP contribution in [0.4, 0.5) is 0 Å². The maximum absolute atomic E-state index is 10.8. The molecule has 3 N–H and O–H groups in total. The molecule has 0 fully saturated rings. The van der Waals surface area contributed by atoms with Crippen LogP contribution in [-0.2, 0) is 4.74 Å². The van der Waals surface area contributed by atoms with Crippen molar-refractivity contribution in [2.24, 2.45) is 0 Å². The largest absolute Gasteiger partial charge is 0.507 e. The third-order valence-corrected chi connectivity index (χ3v) is 4.95. The van der Waals surface area contributed by atoms with Crippen LogP contribution in [0, 0.1) is 0 Å². The van der Waals surface area contributed by atoms with Crippen molar-refractivity contribution in [1.82, 2.24) is 0 Å². The molecule has 0 aromatic heterocycles. The van der Waals surface area contributed by atoms with Gasteiger partial charge in [-0.15, -0.1) is 0 Å². The molecule has 0 amide bonds. The van der Waals surface area contributed by atoms with Crippen molar-refractivity contribution in [1.29, 1.82) is 0 Å². The first-order valence-electron chi connectivity index (χ1n) is 10.3. The predicted octanol–water partition coefficient (Wildman–Crippen LogP) is 7.50. The summed E-state index contributed by atoms with van der Waals surface area (Å²) >= 11 is 0. The lowest BCUT2D eigenvalue weighted by Crippen LogP contribution is -1.94. The summed E-state index contributed by atoms with van der Waals surface area (Å²) in [7, 11) is 0. The van der Waals surface area contributed by atoms with E-state index < -0.39 is 0 Å². The SMILES string of the molecule is C=COC=C.C=Cc1c(O)cc(-c2ccccc2)c(-c2ccccc2)c1-c1ccccc1.O. The summed E-state index contributed by atoms with van der Waals surface area (Å²) in [5, 5.41) is 10.8. The van der Waals surface area contributed by atoms with Gasteiger partial charge in [0.2, 0.25) is 0 Å². The molecule has 0 unspecified atom stereocenters. The first-order valence-corrected chi connectivity index (χ1v) is 10.3. The zero-order chi connectivity index (χ0) is 22.8. The molecule has 0 aliphatic heterocycles. The Bertz CT molecular complexity index is 1180. The van der Waals surface area contributed by atoms with Gasteiger partial charge in [0.1, 0.15) is 5.75 Å². The van der Waals surface area contributed by atoms with Crippen LogP contribution in [0.25, 0.3) is 39.5 Å². The van der Waals surface area contributed by atoms with E-state index in [-0.39, 0.29) is 11.2 Å². The lowest BCUT2D eigenvalue weighted by molar-refractivity contribution is 0.406. The molecule has 0 bridgehead atoms. The van der Waals surface area contributed by atoms with Crippen LogP contribution in [0.1, 0.15) is 5.56 Å². The minimum absolute atomic E-state index is 0. The van der Waals surface area contributed by atoms with Crippen LogP contribution in [0.5, 0.6) is 5.75 Å². The zero-order valence-corrected chi connectivity index (χ0v) is 18.4. The van der Waals surface area contributed by atoms with E-state index in [1.807, 2.05) is 60.7 Å². The fourth-order valence-corrected chi connectivity index (χ4v) is 3.61. The van der Waals surface area contributed by atoms with Gasteiger partial charge >= 0.3 is 0 Å². The van der Waals surface area contributed by atoms with Gasteiger partial charge in [-0.2, -0.15) is 0 Å². The highest BCUT2D eigenvalue weighted by atomic mass is 16.5. The van der Waals surface area contributed by atoms with Crippen molar-refractivity contribution >= 4 is 6.08 Å². The van der Waals surface area contributed by atoms with Crippen LogP contribution in [0.3, 0.4) is 0 Å². The minimum atomic E-state index is 0. The standard InChI is InChI=1S/C26H20O.C4H6O.H2O/c1-2-22-24(27)18-23(19-12-6-3-7-13-19)26(21-16-10-5-11-17-21)25(22)20-14-8-4-9-15-20;1-3-5-4-2;/h2-18,27H,1H2;3-4H,1-2H2;1H2. The molecular weight excluding hydrogens is 408 g/mol. The molecule has 4 aromatic carbocycles. The van der Waals surface area contributed by atoms with Gasteiger partial charge in [0.15, 0.2) is 0 Å². The highest BCUT2D eigenvalue weighted by Crippen LogP contribution is 2.46. The number of rotatable bonds is 6. The zero-order valence-electron chi connectivity index (χ0n) is 18.4. The van der Waals surface area contributed by atoms with E-state index in [1.165, 1.54) is 12.5 Å². The Hall–Kier alpha value is -4.34. The molecule has 4 aromatic rings. The number of benzene rings is 4. The van der Waals surface area contributed by atoms with E-state index in [0.717, 1.165) is 38.9 Å². The number of aromatic hydroxyl groups is 1. The maximum Gasteiger partial charge on any atom is 0.124 e. The molecule has 0 radical (unpaired) electrons. The van der Waals surface area contributed by atoms with Crippen LogP contribution in [0.15, 0.2) is 129 Å². The average Bonchev–Trinajstić information content (AvgIpc) is 2.86. The monoisotopic (exact) mass is 436 g/mol. The number of hydrogen-bond donors (Lipinski definition) is 1. The molecule has 0 aliphatic carbocycles. The number of phenols is 1. The quantitative estimate of drug-likeness (QED) is 0.318. The van der Waals surface area contributed by atoms with E-state index in [4.69, 9.17) is 0 Å². The molecule has 33 heavy (non-hydrogen) atoms. The summed E-state index contributed by atoms with van der Waals surface area (Å²) < 4.78 is 4.36. The summed E-state index contributed by atoms with van der Waals surface area (Å²) in [6, 6.07) is 32.5. The van der Waals surface area contributed by atoms with Gasteiger partial charge in [-0.1, -0.05) is 117 Å². The van der Waals surface area contributed by atoms with Gasteiger partial charge in [0.05, 0.1) is 12.5 Å². The summed E-state index contributed by atoms with van der Waals surface area (Å²) in [6.07, 6.45) is 4.36. The Morgan fingerprint density at radius 2 is 1.03 bits per heavy atom. The first-order chi connectivity index (χ1) is 15.7. The molecule has 3 heteroatoms. The fourth-order valence-electron chi connectivity index (χ4n) is 3.61. The molecule has 0 spiro atoms. The molecular formula is C30H28O3. The van der Waals surface area contributed by atoms with Crippen molar-refractivity contribution in [3.8, 4) is 39.1 Å². The second-order valence-corrected chi connectivity index (χ2v) is 6.88. The van der Waals surface area contributed by atoms with E-state index >= 15 is 0 Å². The third kappa shape index (κ3) is 5.88. The lowest BCUT2D eigenvalue weighted by Gasteiger charge is -2.20. The van der Waals surface area contributed by atoms with Crippen molar-refractivity contribution in [2.75, 3.05) is 0 Å². The Morgan fingerprint density at radius 1 is 0.606 bits per heavy atom.